The number of benzene rings is 1. The van der Waals surface area contributed by atoms with Crippen LogP contribution < -0.4 is 15.9 Å². The number of aromatic nitrogens is 4. The number of nitrogens with zero attached hydrogens (tertiary/aromatic N) is 5. The molecule has 180 valence electrons. The van der Waals surface area contributed by atoms with Gasteiger partial charge in [0.2, 0.25) is 0 Å². The van der Waals surface area contributed by atoms with E-state index in [9.17, 15) is 9.59 Å². The van der Waals surface area contributed by atoms with Crippen molar-refractivity contribution in [2.45, 2.75) is 39.8 Å². The van der Waals surface area contributed by atoms with E-state index < -0.39 is 0 Å². The van der Waals surface area contributed by atoms with Gasteiger partial charge in [-0.2, -0.15) is 0 Å². The molecule has 0 radical (unpaired) electrons. The van der Waals surface area contributed by atoms with E-state index in [1.165, 1.54) is 0 Å². The fraction of sp³-hybridized carbons (Fsp3) is 0.333. The van der Waals surface area contributed by atoms with Crippen LogP contribution in [0.25, 0.3) is 11.2 Å². The highest BCUT2D eigenvalue weighted by Gasteiger charge is 2.28. The quantitative estimate of drug-likeness (QED) is 0.492. The number of amides is 1. The molecule has 1 atom stereocenters. The molecule has 5 rings (SSSR count). The zero-order chi connectivity index (χ0) is 24.7. The number of carbonyl (C=O) groups excluding carboxylic acids is 1. The van der Waals surface area contributed by atoms with Crippen molar-refractivity contribution in [1.29, 1.82) is 0 Å². The first-order valence-corrected chi connectivity index (χ1v) is 11.8. The Morgan fingerprint density at radius 1 is 1.11 bits per heavy atom. The van der Waals surface area contributed by atoms with Crippen LogP contribution in [0.3, 0.4) is 0 Å². The fourth-order valence-electron chi connectivity index (χ4n) is 4.72. The van der Waals surface area contributed by atoms with Gasteiger partial charge in [0, 0.05) is 38.2 Å². The largest absolute Gasteiger partial charge is 0.347 e. The maximum absolute atomic E-state index is 13.0. The second-order valence-corrected chi connectivity index (χ2v) is 10.4. The van der Waals surface area contributed by atoms with E-state index in [0.29, 0.717) is 24.3 Å². The minimum Gasteiger partial charge on any atom is -0.347 e. The second kappa shape index (κ2) is 8.69. The summed E-state index contributed by atoms with van der Waals surface area (Å²) in [6, 6.07) is 15.5. The summed E-state index contributed by atoms with van der Waals surface area (Å²) in [6.07, 6.45) is 3.95. The molecule has 0 saturated heterocycles. The Labute approximate surface area is 204 Å². The summed E-state index contributed by atoms with van der Waals surface area (Å²) in [6.45, 7) is 7.53. The minimum absolute atomic E-state index is 0.0394. The summed E-state index contributed by atoms with van der Waals surface area (Å²) < 4.78 is 3.41. The van der Waals surface area contributed by atoms with Gasteiger partial charge in [0.15, 0.2) is 5.65 Å². The number of para-hydroxylation sites is 1. The van der Waals surface area contributed by atoms with Crippen molar-refractivity contribution >= 4 is 28.6 Å². The number of pyridine rings is 2. The average molecular weight is 471 g/mol. The number of nitrogens with one attached hydrogen (secondary N) is 1. The predicted octanol–water partition coefficient (Wildman–Crippen LogP) is 3.67. The number of rotatable bonds is 4. The summed E-state index contributed by atoms with van der Waals surface area (Å²) in [4.78, 5) is 36.9. The third-order valence-corrected chi connectivity index (χ3v) is 6.29. The Morgan fingerprint density at radius 2 is 1.91 bits per heavy atom. The summed E-state index contributed by atoms with van der Waals surface area (Å²) in [7, 11) is 1.77. The number of imidazole rings is 1. The van der Waals surface area contributed by atoms with Crippen LogP contribution in [0.5, 0.6) is 0 Å². The molecule has 1 N–H and O–H groups in total. The van der Waals surface area contributed by atoms with Crippen LogP contribution in [0.2, 0.25) is 0 Å². The molecule has 1 amide bonds. The van der Waals surface area contributed by atoms with Gasteiger partial charge in [0.05, 0.1) is 17.1 Å². The van der Waals surface area contributed by atoms with Crippen LogP contribution >= 0.6 is 0 Å². The highest BCUT2D eigenvalue weighted by atomic mass is 16.2. The van der Waals surface area contributed by atoms with Gasteiger partial charge in [-0.1, -0.05) is 39.0 Å². The highest BCUT2D eigenvalue weighted by Crippen LogP contribution is 2.33. The van der Waals surface area contributed by atoms with Gasteiger partial charge < -0.3 is 10.2 Å². The van der Waals surface area contributed by atoms with Crippen LogP contribution in [0.4, 0.5) is 11.5 Å². The van der Waals surface area contributed by atoms with Crippen molar-refractivity contribution in [1.82, 2.24) is 24.4 Å². The zero-order valence-electron chi connectivity index (χ0n) is 20.5. The molecule has 0 saturated carbocycles. The standard InChI is InChI=1S/C27H30N6O2/c1-27(2,3)17-33-22-11-12-23(30-24(22)31(4)26(33)35)32-16-20(14-18-8-5-6-10-21(18)32)29-25(34)19-9-7-13-28-15-19/h5-13,15,20H,14,16-17H2,1-4H3,(H,29,34). The van der Waals surface area contributed by atoms with Gasteiger partial charge >= 0.3 is 5.69 Å². The SMILES string of the molecule is Cn1c(=O)n(CC(C)(C)C)c2ccc(N3CC(NC(=O)c4cccnc4)Cc4ccccc43)nc21. The molecule has 35 heavy (non-hydrogen) atoms. The fourth-order valence-corrected chi connectivity index (χ4v) is 4.72. The van der Waals surface area contributed by atoms with E-state index in [0.717, 1.165) is 29.0 Å². The predicted molar refractivity (Wildman–Crippen MR) is 137 cm³/mol. The maximum Gasteiger partial charge on any atom is 0.330 e. The lowest BCUT2D eigenvalue weighted by molar-refractivity contribution is 0.0937. The summed E-state index contributed by atoms with van der Waals surface area (Å²) in [5.41, 5.74) is 4.09. The Hall–Kier alpha value is -3.94. The topological polar surface area (TPSA) is 85.0 Å². The number of fused-ring (bicyclic) bond motifs is 2. The van der Waals surface area contributed by atoms with Gasteiger partial charge in [-0.05, 0) is 47.7 Å². The highest BCUT2D eigenvalue weighted by molar-refractivity contribution is 5.94. The van der Waals surface area contributed by atoms with Crippen molar-refractivity contribution in [3.63, 3.8) is 0 Å². The number of hydrogen-bond donors (Lipinski definition) is 1. The monoisotopic (exact) mass is 470 g/mol. The first kappa shape index (κ1) is 22.8. The van der Waals surface area contributed by atoms with Crippen LogP contribution in [-0.2, 0) is 20.0 Å². The molecule has 4 aromatic rings. The van der Waals surface area contributed by atoms with Gasteiger partial charge in [0.1, 0.15) is 5.82 Å². The molecule has 0 fully saturated rings. The molecule has 4 heterocycles. The maximum atomic E-state index is 13.0. The van der Waals surface area contributed by atoms with Crippen LogP contribution in [-0.4, -0.2) is 37.6 Å². The van der Waals surface area contributed by atoms with Crippen molar-refractivity contribution in [2.24, 2.45) is 12.5 Å². The van der Waals surface area contributed by atoms with E-state index in [4.69, 9.17) is 4.98 Å². The smallest absolute Gasteiger partial charge is 0.330 e. The molecule has 0 spiro atoms. The van der Waals surface area contributed by atoms with E-state index in [2.05, 4.69) is 48.1 Å². The lowest BCUT2D eigenvalue weighted by atomic mass is 9.97. The van der Waals surface area contributed by atoms with E-state index in [1.807, 2.05) is 24.3 Å². The molecule has 1 aromatic carbocycles. The zero-order valence-corrected chi connectivity index (χ0v) is 20.5. The third-order valence-electron chi connectivity index (χ3n) is 6.29. The molecule has 1 aliphatic heterocycles. The normalized spacial score (nSPS) is 15.8. The summed E-state index contributed by atoms with van der Waals surface area (Å²) >= 11 is 0. The van der Waals surface area contributed by atoms with Gasteiger partial charge in [-0.25, -0.2) is 9.78 Å². The summed E-state index contributed by atoms with van der Waals surface area (Å²) in [5, 5.41) is 3.16. The molecule has 3 aromatic heterocycles. The molecule has 8 nitrogen and oxygen atoms in total. The first-order chi connectivity index (χ1) is 16.7. The van der Waals surface area contributed by atoms with Gasteiger partial charge in [-0.15, -0.1) is 0 Å². The van der Waals surface area contributed by atoms with Crippen molar-refractivity contribution in [2.75, 3.05) is 11.4 Å². The minimum atomic E-state index is -0.146. The van der Waals surface area contributed by atoms with Crippen molar-refractivity contribution in [3.05, 3.63) is 82.5 Å². The molecule has 1 aliphatic rings. The van der Waals surface area contributed by atoms with E-state index in [1.54, 1.807) is 40.7 Å². The van der Waals surface area contributed by atoms with E-state index in [-0.39, 0.29) is 23.1 Å². The Morgan fingerprint density at radius 3 is 2.66 bits per heavy atom. The molecular formula is C27H30N6O2. The van der Waals surface area contributed by atoms with Crippen LogP contribution in [0.15, 0.2) is 65.7 Å². The number of carbonyl (C=O) groups is 1. The lowest BCUT2D eigenvalue weighted by Crippen LogP contribution is -2.47. The molecule has 0 bridgehead atoms. The molecule has 1 unspecified atom stereocenters. The Bertz CT molecular complexity index is 1450. The van der Waals surface area contributed by atoms with E-state index >= 15 is 0 Å². The van der Waals surface area contributed by atoms with Gasteiger partial charge in [0.25, 0.3) is 5.91 Å². The van der Waals surface area contributed by atoms with Crippen LogP contribution in [0, 0.1) is 5.41 Å². The lowest BCUT2D eigenvalue weighted by Gasteiger charge is -2.35. The average Bonchev–Trinajstić information content (AvgIpc) is 3.07. The van der Waals surface area contributed by atoms with Crippen molar-refractivity contribution in [3.8, 4) is 0 Å². The molecule has 8 heteroatoms. The van der Waals surface area contributed by atoms with Crippen molar-refractivity contribution < 1.29 is 4.79 Å². The first-order valence-electron chi connectivity index (χ1n) is 11.8. The van der Waals surface area contributed by atoms with Crippen LogP contribution in [0.1, 0.15) is 36.7 Å². The number of aryl methyl sites for hydroxylation is 1. The second-order valence-electron chi connectivity index (χ2n) is 10.4. The number of hydrogen-bond acceptors (Lipinski definition) is 5. The Balaban J connectivity index is 1.51. The number of anilines is 2. The summed E-state index contributed by atoms with van der Waals surface area (Å²) in [5.74, 6) is 0.598. The van der Waals surface area contributed by atoms with Gasteiger partial charge in [-0.3, -0.25) is 18.9 Å². The third kappa shape index (κ3) is 4.43. The molecular weight excluding hydrogens is 440 g/mol. The molecule has 0 aliphatic carbocycles. The Kier molecular flexibility index (Phi) is 5.67.